The summed E-state index contributed by atoms with van der Waals surface area (Å²) in [5.41, 5.74) is -0.386. The van der Waals surface area contributed by atoms with Crippen LogP contribution in [-0.2, 0) is 9.59 Å². The highest BCUT2D eigenvalue weighted by atomic mass is 19.1. The molecular weight excluding hydrogens is 319 g/mol. The lowest BCUT2D eigenvalue weighted by Gasteiger charge is -2.18. The standard InChI is InChI=1S/C16H13FN2O5/c17-13-7-6-11(8-14(13)19(23)24)18-15(20)9-12(16(21)22)10-4-2-1-3-5-10/h1-8,12H,9H2,(H,18,20)(H,21,22)/p-1/t12-/m1/s1. The first-order valence-corrected chi connectivity index (χ1v) is 6.88. The molecule has 0 unspecified atom stereocenters. The van der Waals surface area contributed by atoms with Gasteiger partial charge in [0.15, 0.2) is 0 Å². The number of carbonyl (C=O) groups excluding carboxylic acids is 2. The second kappa shape index (κ2) is 7.32. The van der Waals surface area contributed by atoms with E-state index in [9.17, 15) is 29.2 Å². The number of aliphatic carboxylic acids is 1. The fraction of sp³-hybridized carbons (Fsp3) is 0.125. The molecule has 2 rings (SSSR count). The Morgan fingerprint density at radius 1 is 1.17 bits per heavy atom. The average molecular weight is 331 g/mol. The van der Waals surface area contributed by atoms with Crippen molar-refractivity contribution in [1.29, 1.82) is 0 Å². The van der Waals surface area contributed by atoms with Crippen molar-refractivity contribution >= 4 is 23.3 Å². The van der Waals surface area contributed by atoms with Gasteiger partial charge >= 0.3 is 5.69 Å². The third-order valence-electron chi connectivity index (χ3n) is 3.30. The molecule has 0 heterocycles. The maximum absolute atomic E-state index is 13.3. The van der Waals surface area contributed by atoms with E-state index in [1.165, 1.54) is 0 Å². The first kappa shape index (κ1) is 17.1. The highest BCUT2D eigenvalue weighted by Gasteiger charge is 2.19. The van der Waals surface area contributed by atoms with Gasteiger partial charge in [0.1, 0.15) is 0 Å². The molecule has 0 aliphatic carbocycles. The van der Waals surface area contributed by atoms with E-state index in [1.807, 2.05) is 0 Å². The van der Waals surface area contributed by atoms with Crippen molar-refractivity contribution in [2.75, 3.05) is 5.32 Å². The Hall–Kier alpha value is -3.29. The Morgan fingerprint density at radius 2 is 1.83 bits per heavy atom. The van der Waals surface area contributed by atoms with E-state index in [2.05, 4.69) is 5.32 Å². The molecule has 0 saturated carbocycles. The monoisotopic (exact) mass is 331 g/mol. The number of nitrogens with zero attached hydrogens (tertiary/aromatic N) is 1. The van der Waals surface area contributed by atoms with Gasteiger partial charge in [-0.3, -0.25) is 14.9 Å². The molecule has 0 radical (unpaired) electrons. The predicted molar refractivity (Wildman–Crippen MR) is 80.5 cm³/mol. The van der Waals surface area contributed by atoms with Crippen LogP contribution in [0.2, 0.25) is 0 Å². The summed E-state index contributed by atoms with van der Waals surface area (Å²) in [6.07, 6.45) is -0.419. The number of hydrogen-bond acceptors (Lipinski definition) is 5. The van der Waals surface area contributed by atoms with Crippen molar-refractivity contribution in [3.8, 4) is 0 Å². The number of hydrogen-bond donors (Lipinski definition) is 1. The van der Waals surface area contributed by atoms with E-state index in [1.54, 1.807) is 30.3 Å². The summed E-state index contributed by atoms with van der Waals surface area (Å²) in [5.74, 6) is -4.30. The Balaban J connectivity index is 2.13. The maximum Gasteiger partial charge on any atom is 0.306 e. The minimum atomic E-state index is -1.42. The topological polar surface area (TPSA) is 112 Å². The lowest BCUT2D eigenvalue weighted by Crippen LogP contribution is -2.32. The van der Waals surface area contributed by atoms with Gasteiger partial charge in [0, 0.05) is 30.1 Å². The van der Waals surface area contributed by atoms with Crippen LogP contribution >= 0.6 is 0 Å². The average Bonchev–Trinajstić information content (AvgIpc) is 2.54. The summed E-state index contributed by atoms with van der Waals surface area (Å²) < 4.78 is 13.3. The van der Waals surface area contributed by atoms with Crippen molar-refractivity contribution in [1.82, 2.24) is 0 Å². The van der Waals surface area contributed by atoms with E-state index in [0.29, 0.717) is 5.56 Å². The Bertz CT molecular complexity index is 779. The van der Waals surface area contributed by atoms with E-state index >= 15 is 0 Å². The number of halogens is 1. The van der Waals surface area contributed by atoms with Crippen molar-refractivity contribution in [2.24, 2.45) is 0 Å². The molecule has 0 fully saturated rings. The first-order valence-electron chi connectivity index (χ1n) is 6.88. The number of nitrogens with one attached hydrogen (secondary N) is 1. The molecule has 0 bridgehead atoms. The van der Waals surface area contributed by atoms with Crippen LogP contribution in [-0.4, -0.2) is 16.8 Å². The Kier molecular flexibility index (Phi) is 5.20. The minimum absolute atomic E-state index is 0.00161. The van der Waals surface area contributed by atoms with Gasteiger partial charge < -0.3 is 15.2 Å². The van der Waals surface area contributed by atoms with Gasteiger partial charge in [0.2, 0.25) is 11.7 Å². The second-order valence-electron chi connectivity index (χ2n) is 4.96. The van der Waals surface area contributed by atoms with Crippen LogP contribution in [0, 0.1) is 15.9 Å². The molecule has 7 nitrogen and oxygen atoms in total. The molecule has 0 aromatic heterocycles. The van der Waals surface area contributed by atoms with Gasteiger partial charge in [-0.05, 0) is 17.7 Å². The molecule has 2 aromatic carbocycles. The van der Waals surface area contributed by atoms with Crippen LogP contribution < -0.4 is 10.4 Å². The van der Waals surface area contributed by atoms with Crippen LogP contribution in [0.15, 0.2) is 48.5 Å². The number of rotatable bonds is 6. The van der Waals surface area contributed by atoms with E-state index in [4.69, 9.17) is 0 Å². The van der Waals surface area contributed by atoms with Gasteiger partial charge in [-0.25, -0.2) is 0 Å². The SMILES string of the molecule is O=C(C[C@@H](C(=O)[O-])c1ccccc1)Nc1ccc(F)c([N+](=O)[O-])c1. The molecule has 0 spiro atoms. The molecule has 8 heteroatoms. The molecule has 0 aliphatic heterocycles. The molecule has 0 saturated heterocycles. The maximum atomic E-state index is 13.3. The molecule has 1 atom stereocenters. The first-order chi connectivity index (χ1) is 11.4. The van der Waals surface area contributed by atoms with Crippen molar-refractivity contribution < 1.29 is 24.0 Å². The zero-order valence-electron chi connectivity index (χ0n) is 12.3. The van der Waals surface area contributed by atoms with Crippen LogP contribution in [0.25, 0.3) is 0 Å². The van der Waals surface area contributed by atoms with Crippen molar-refractivity contribution in [3.63, 3.8) is 0 Å². The molecule has 1 N–H and O–H groups in total. The number of nitro benzene ring substituents is 1. The molecule has 1 amide bonds. The number of carboxylic acid groups (broad SMARTS) is 1. The summed E-state index contributed by atoms with van der Waals surface area (Å²) in [5, 5.41) is 24.2. The van der Waals surface area contributed by atoms with Crippen molar-refractivity contribution in [2.45, 2.75) is 12.3 Å². The summed E-state index contributed by atoms with van der Waals surface area (Å²) in [6.45, 7) is 0. The Morgan fingerprint density at radius 3 is 2.42 bits per heavy atom. The number of anilines is 1. The van der Waals surface area contributed by atoms with Crippen molar-refractivity contribution in [3.05, 3.63) is 70.0 Å². The summed E-state index contributed by atoms with van der Waals surface area (Å²) >= 11 is 0. The van der Waals surface area contributed by atoms with Gasteiger partial charge in [-0.1, -0.05) is 30.3 Å². The van der Waals surface area contributed by atoms with Crippen LogP contribution in [0.4, 0.5) is 15.8 Å². The largest absolute Gasteiger partial charge is 0.549 e. The fourth-order valence-electron chi connectivity index (χ4n) is 2.15. The summed E-state index contributed by atoms with van der Waals surface area (Å²) in [7, 11) is 0. The molecule has 0 aliphatic rings. The van der Waals surface area contributed by atoms with Gasteiger partial charge in [0.25, 0.3) is 0 Å². The zero-order valence-corrected chi connectivity index (χ0v) is 12.3. The highest BCUT2D eigenvalue weighted by molar-refractivity contribution is 5.94. The van der Waals surface area contributed by atoms with Gasteiger partial charge in [0.05, 0.1) is 4.92 Å². The number of nitro groups is 1. The summed E-state index contributed by atoms with van der Waals surface area (Å²) in [4.78, 5) is 33.0. The fourth-order valence-corrected chi connectivity index (χ4v) is 2.15. The molecule has 2 aromatic rings. The number of benzene rings is 2. The molecule has 124 valence electrons. The lowest BCUT2D eigenvalue weighted by molar-refractivity contribution is -0.387. The van der Waals surface area contributed by atoms with Crippen LogP contribution in [0.5, 0.6) is 0 Å². The quantitative estimate of drug-likeness (QED) is 0.638. The normalized spacial score (nSPS) is 11.5. The van der Waals surface area contributed by atoms with E-state index in [0.717, 1.165) is 18.2 Å². The second-order valence-corrected chi connectivity index (χ2v) is 4.96. The lowest BCUT2D eigenvalue weighted by atomic mass is 9.95. The molecule has 24 heavy (non-hydrogen) atoms. The van der Waals surface area contributed by atoms with Crippen LogP contribution in [0.3, 0.4) is 0 Å². The van der Waals surface area contributed by atoms with E-state index < -0.39 is 40.6 Å². The number of amides is 1. The zero-order chi connectivity index (χ0) is 17.7. The predicted octanol–water partition coefficient (Wildman–Crippen LogP) is 1.60. The third-order valence-corrected chi connectivity index (χ3v) is 3.30. The smallest absolute Gasteiger partial charge is 0.306 e. The number of carboxylic acids is 1. The number of carbonyl (C=O) groups is 2. The van der Waals surface area contributed by atoms with E-state index in [-0.39, 0.29) is 5.69 Å². The molecular formula is C16H12FN2O5-. The highest BCUT2D eigenvalue weighted by Crippen LogP contribution is 2.23. The van der Waals surface area contributed by atoms with Gasteiger partial charge in [-0.2, -0.15) is 4.39 Å². The summed E-state index contributed by atoms with van der Waals surface area (Å²) in [6, 6.07) is 10.9. The minimum Gasteiger partial charge on any atom is -0.549 e. The van der Waals surface area contributed by atoms with Gasteiger partial charge in [-0.15, -0.1) is 0 Å². The Labute approximate surface area is 135 Å². The van der Waals surface area contributed by atoms with Crippen LogP contribution in [0.1, 0.15) is 17.9 Å². The third kappa shape index (κ3) is 4.13.